The van der Waals surface area contributed by atoms with Gasteiger partial charge < -0.3 is 0 Å². The zero-order valence-electron chi connectivity index (χ0n) is 14.4. The van der Waals surface area contributed by atoms with E-state index in [0.29, 0.717) is 22.1 Å². The van der Waals surface area contributed by atoms with E-state index in [9.17, 15) is 17.4 Å². The van der Waals surface area contributed by atoms with Crippen molar-refractivity contribution in [1.82, 2.24) is 24.0 Å². The highest BCUT2D eigenvalue weighted by Crippen LogP contribution is 2.30. The SMILES string of the molecule is CCS(=O)c1c(-c2nc3ccc(C(F)(F)F)cn3n2)nc2cc(C)ccn12. The van der Waals surface area contributed by atoms with Crippen LogP contribution in [0.3, 0.4) is 0 Å². The molecule has 4 heterocycles. The van der Waals surface area contributed by atoms with Gasteiger partial charge in [-0.2, -0.15) is 13.2 Å². The molecule has 0 aliphatic carbocycles. The van der Waals surface area contributed by atoms with Crippen LogP contribution in [0.1, 0.15) is 18.1 Å². The number of nitrogens with zero attached hydrogens (tertiary/aromatic N) is 5. The molecule has 0 fully saturated rings. The molecule has 1 unspecified atom stereocenters. The zero-order chi connectivity index (χ0) is 19.3. The molecule has 4 aromatic heterocycles. The minimum atomic E-state index is -4.48. The molecule has 140 valence electrons. The van der Waals surface area contributed by atoms with Crippen LogP contribution in [0.2, 0.25) is 0 Å². The Bertz CT molecular complexity index is 1190. The van der Waals surface area contributed by atoms with Gasteiger partial charge in [0.25, 0.3) is 0 Å². The monoisotopic (exact) mass is 393 g/mol. The van der Waals surface area contributed by atoms with E-state index in [0.717, 1.165) is 22.3 Å². The Balaban J connectivity index is 1.94. The number of pyridine rings is 2. The molecule has 0 aromatic carbocycles. The number of hydrogen-bond donors (Lipinski definition) is 0. The van der Waals surface area contributed by atoms with Crippen molar-refractivity contribution in [2.75, 3.05) is 5.75 Å². The van der Waals surface area contributed by atoms with Crippen LogP contribution in [0, 0.1) is 6.92 Å². The van der Waals surface area contributed by atoms with Crippen LogP contribution in [0.15, 0.2) is 41.7 Å². The predicted octanol–water partition coefficient (Wildman–Crippen LogP) is 3.50. The Kier molecular flexibility index (Phi) is 4.02. The van der Waals surface area contributed by atoms with E-state index in [-0.39, 0.29) is 11.5 Å². The summed E-state index contributed by atoms with van der Waals surface area (Å²) >= 11 is 0. The minimum absolute atomic E-state index is 0.132. The first-order valence-corrected chi connectivity index (χ1v) is 9.41. The van der Waals surface area contributed by atoms with Crippen LogP contribution in [0.4, 0.5) is 13.2 Å². The number of fused-ring (bicyclic) bond motifs is 2. The molecule has 0 amide bonds. The van der Waals surface area contributed by atoms with Crippen molar-refractivity contribution >= 4 is 22.1 Å². The minimum Gasteiger partial charge on any atom is -0.292 e. The van der Waals surface area contributed by atoms with Gasteiger partial charge in [-0.25, -0.2) is 14.5 Å². The molecule has 0 N–H and O–H groups in total. The zero-order valence-corrected chi connectivity index (χ0v) is 15.2. The topological polar surface area (TPSA) is 64.6 Å². The standard InChI is InChI=1S/C17H14F3N5OS/c1-3-27(26)16-14(21-13-8-10(2)6-7-24(13)16)15-22-12-5-4-11(17(18,19)20)9-25(12)23-15/h4-9H,3H2,1-2H3. The van der Waals surface area contributed by atoms with E-state index >= 15 is 0 Å². The van der Waals surface area contributed by atoms with Crippen LogP contribution >= 0.6 is 0 Å². The highest BCUT2D eigenvalue weighted by Gasteiger charge is 2.31. The largest absolute Gasteiger partial charge is 0.417 e. The maximum absolute atomic E-state index is 12.9. The van der Waals surface area contributed by atoms with Gasteiger partial charge in [-0.15, -0.1) is 5.10 Å². The summed E-state index contributed by atoms with van der Waals surface area (Å²) in [5.74, 6) is 0.493. The fourth-order valence-electron chi connectivity index (χ4n) is 2.78. The van der Waals surface area contributed by atoms with E-state index < -0.39 is 22.5 Å². The lowest BCUT2D eigenvalue weighted by Gasteiger charge is -2.05. The summed E-state index contributed by atoms with van der Waals surface area (Å²) < 4.78 is 54.1. The summed E-state index contributed by atoms with van der Waals surface area (Å²) in [7, 11) is -1.36. The van der Waals surface area contributed by atoms with Gasteiger partial charge in [0, 0.05) is 18.1 Å². The molecule has 0 spiro atoms. The molecule has 0 aliphatic rings. The van der Waals surface area contributed by atoms with Crippen LogP contribution < -0.4 is 0 Å². The maximum Gasteiger partial charge on any atom is 0.417 e. The lowest BCUT2D eigenvalue weighted by atomic mass is 10.3. The van der Waals surface area contributed by atoms with E-state index in [1.54, 1.807) is 17.5 Å². The van der Waals surface area contributed by atoms with Crippen molar-refractivity contribution in [3.05, 3.63) is 47.8 Å². The quantitative estimate of drug-likeness (QED) is 0.534. The highest BCUT2D eigenvalue weighted by molar-refractivity contribution is 7.85. The number of aryl methyl sites for hydroxylation is 1. The van der Waals surface area contributed by atoms with Crippen LogP contribution in [0.5, 0.6) is 0 Å². The molecule has 0 saturated heterocycles. The first-order valence-electron chi connectivity index (χ1n) is 8.09. The first-order chi connectivity index (χ1) is 12.8. The van der Waals surface area contributed by atoms with Gasteiger partial charge in [0.05, 0.1) is 16.4 Å². The Morgan fingerprint density at radius 3 is 2.63 bits per heavy atom. The van der Waals surface area contributed by atoms with E-state index in [1.807, 2.05) is 19.1 Å². The van der Waals surface area contributed by atoms with Gasteiger partial charge in [-0.05, 0) is 36.8 Å². The molecular formula is C17H14F3N5OS. The van der Waals surface area contributed by atoms with Gasteiger partial charge in [-0.1, -0.05) is 6.92 Å². The van der Waals surface area contributed by atoms with E-state index in [4.69, 9.17) is 0 Å². The van der Waals surface area contributed by atoms with Crippen LogP contribution in [0.25, 0.3) is 22.8 Å². The van der Waals surface area contributed by atoms with Gasteiger partial charge in [0.15, 0.2) is 5.65 Å². The van der Waals surface area contributed by atoms with Crippen molar-refractivity contribution in [3.63, 3.8) is 0 Å². The second kappa shape index (κ2) is 6.15. The fourth-order valence-corrected chi connectivity index (χ4v) is 3.77. The summed E-state index contributed by atoms with van der Waals surface area (Å²) in [6.07, 6.45) is -1.83. The normalized spacial score (nSPS) is 13.5. The Morgan fingerprint density at radius 1 is 1.15 bits per heavy atom. The molecule has 10 heteroatoms. The maximum atomic E-state index is 12.9. The molecule has 0 aliphatic heterocycles. The van der Waals surface area contributed by atoms with Gasteiger partial charge in [0.1, 0.15) is 16.4 Å². The average Bonchev–Trinajstić information content (AvgIpc) is 3.20. The smallest absolute Gasteiger partial charge is 0.292 e. The number of imidazole rings is 1. The summed E-state index contributed by atoms with van der Waals surface area (Å²) in [5.41, 5.74) is 1.29. The van der Waals surface area contributed by atoms with Crippen molar-refractivity contribution in [2.24, 2.45) is 0 Å². The number of halogens is 3. The first kappa shape index (κ1) is 17.7. The second-order valence-electron chi connectivity index (χ2n) is 5.99. The van der Waals surface area contributed by atoms with Crippen LogP contribution in [-0.2, 0) is 17.0 Å². The van der Waals surface area contributed by atoms with Crippen LogP contribution in [-0.4, -0.2) is 33.9 Å². The molecule has 0 bridgehead atoms. The molecule has 6 nitrogen and oxygen atoms in total. The third-order valence-corrected chi connectivity index (χ3v) is 5.43. The van der Waals surface area contributed by atoms with Gasteiger partial charge >= 0.3 is 6.18 Å². The summed E-state index contributed by atoms with van der Waals surface area (Å²) in [5, 5.41) is 4.58. The average molecular weight is 393 g/mol. The molecule has 4 rings (SSSR count). The Morgan fingerprint density at radius 2 is 1.93 bits per heavy atom. The van der Waals surface area contributed by atoms with Crippen molar-refractivity contribution in [1.29, 1.82) is 0 Å². The number of aromatic nitrogens is 5. The molecule has 4 aromatic rings. The number of rotatable bonds is 3. The highest BCUT2D eigenvalue weighted by atomic mass is 32.2. The third kappa shape index (κ3) is 2.99. The summed E-state index contributed by atoms with van der Waals surface area (Å²) in [6, 6.07) is 5.89. The van der Waals surface area contributed by atoms with Crippen molar-refractivity contribution in [2.45, 2.75) is 25.0 Å². The van der Waals surface area contributed by atoms with Gasteiger partial charge in [0.2, 0.25) is 5.82 Å². The molecule has 1 atom stereocenters. The summed E-state index contributed by atoms with van der Waals surface area (Å²) in [4.78, 5) is 8.76. The number of alkyl halides is 3. The molecule has 0 saturated carbocycles. The lowest BCUT2D eigenvalue weighted by Crippen LogP contribution is -2.06. The Hall–Kier alpha value is -2.75. The predicted molar refractivity (Wildman–Crippen MR) is 93.9 cm³/mol. The van der Waals surface area contributed by atoms with Crippen molar-refractivity contribution in [3.8, 4) is 11.5 Å². The third-order valence-electron chi connectivity index (χ3n) is 4.09. The second-order valence-corrected chi connectivity index (χ2v) is 7.64. The van der Waals surface area contributed by atoms with Crippen molar-refractivity contribution < 1.29 is 17.4 Å². The molecule has 0 radical (unpaired) electrons. The fraction of sp³-hybridized carbons (Fsp3) is 0.235. The Labute approximate surface area is 154 Å². The van der Waals surface area contributed by atoms with E-state index in [2.05, 4.69) is 15.1 Å². The van der Waals surface area contributed by atoms with E-state index in [1.165, 1.54) is 6.07 Å². The lowest BCUT2D eigenvalue weighted by molar-refractivity contribution is -0.137. The number of hydrogen-bond acceptors (Lipinski definition) is 4. The van der Waals surface area contributed by atoms with Gasteiger partial charge in [-0.3, -0.25) is 8.61 Å². The summed E-state index contributed by atoms with van der Waals surface area (Å²) in [6.45, 7) is 3.69. The molecule has 27 heavy (non-hydrogen) atoms. The molecular weight excluding hydrogens is 379 g/mol.